The number of benzene rings is 1. The number of hydrogen-bond acceptors (Lipinski definition) is 2. The average Bonchev–Trinajstić information content (AvgIpc) is 2.72. The third-order valence-electron chi connectivity index (χ3n) is 2.54. The molecule has 2 nitrogen and oxygen atoms in total. The molecule has 0 aliphatic carbocycles. The van der Waals surface area contributed by atoms with E-state index in [1.165, 1.54) is 10.6 Å². The number of thiazole rings is 1. The zero-order valence-corrected chi connectivity index (χ0v) is 10.1. The van der Waals surface area contributed by atoms with E-state index >= 15 is 0 Å². The number of aryl methyl sites for hydroxylation is 2. The van der Waals surface area contributed by atoms with Gasteiger partial charge in [0.2, 0.25) is 0 Å². The van der Waals surface area contributed by atoms with Crippen LogP contribution < -0.4 is 4.87 Å². The van der Waals surface area contributed by atoms with Crippen molar-refractivity contribution in [2.45, 2.75) is 19.1 Å². The minimum atomic E-state index is -4.32. The highest BCUT2D eigenvalue weighted by Gasteiger charge is 2.30. The Kier molecular flexibility index (Phi) is 3.56. The molecule has 1 aromatic carbocycles. The highest BCUT2D eigenvalue weighted by Crippen LogP contribution is 2.29. The van der Waals surface area contributed by atoms with Crippen molar-refractivity contribution < 1.29 is 13.2 Å². The summed E-state index contributed by atoms with van der Waals surface area (Å²) in [5.74, 6) is 0. The van der Waals surface area contributed by atoms with Crippen LogP contribution >= 0.6 is 11.3 Å². The molecule has 96 valence electrons. The number of halogens is 3. The van der Waals surface area contributed by atoms with E-state index in [9.17, 15) is 18.0 Å². The molecule has 0 aliphatic rings. The molecule has 18 heavy (non-hydrogen) atoms. The van der Waals surface area contributed by atoms with Crippen LogP contribution in [0.4, 0.5) is 13.2 Å². The maximum Gasteiger partial charge on any atom is 0.416 e. The van der Waals surface area contributed by atoms with Crippen molar-refractivity contribution >= 4 is 11.3 Å². The van der Waals surface area contributed by atoms with Crippen molar-refractivity contribution in [3.8, 4) is 0 Å². The summed E-state index contributed by atoms with van der Waals surface area (Å²) in [4.78, 5) is 11.2. The molecule has 2 aromatic rings. The Morgan fingerprint density at radius 2 is 2.06 bits per heavy atom. The smallest absolute Gasteiger partial charge is 0.306 e. The average molecular weight is 273 g/mol. The first-order valence-electron chi connectivity index (χ1n) is 5.27. The van der Waals surface area contributed by atoms with E-state index in [0.29, 0.717) is 18.5 Å². The Balaban J connectivity index is 2.11. The Morgan fingerprint density at radius 1 is 1.28 bits per heavy atom. The van der Waals surface area contributed by atoms with Gasteiger partial charge in [-0.15, -0.1) is 0 Å². The summed E-state index contributed by atoms with van der Waals surface area (Å²) in [6, 6.07) is 5.18. The standard InChI is InChI=1S/C12H10F3NOS/c13-12(14,15)10-3-1-2-9(8-10)4-5-16-6-7-18-11(16)17/h1-3,6-8H,4-5H2. The van der Waals surface area contributed by atoms with Crippen LogP contribution in [0.2, 0.25) is 0 Å². The summed E-state index contributed by atoms with van der Waals surface area (Å²) in [5, 5.41) is 1.66. The zero-order chi connectivity index (χ0) is 13.2. The van der Waals surface area contributed by atoms with Gasteiger partial charge in [0, 0.05) is 18.1 Å². The molecular formula is C12H10F3NOS. The molecule has 1 heterocycles. The highest BCUT2D eigenvalue weighted by molar-refractivity contribution is 7.07. The van der Waals surface area contributed by atoms with Gasteiger partial charge in [0.15, 0.2) is 0 Å². The lowest BCUT2D eigenvalue weighted by atomic mass is 10.1. The third kappa shape index (κ3) is 3.01. The van der Waals surface area contributed by atoms with Gasteiger partial charge in [-0.1, -0.05) is 29.5 Å². The molecule has 0 N–H and O–H groups in total. The second kappa shape index (κ2) is 4.97. The minimum Gasteiger partial charge on any atom is -0.306 e. The summed E-state index contributed by atoms with van der Waals surface area (Å²) in [6.45, 7) is 0.393. The van der Waals surface area contributed by atoms with Gasteiger partial charge in [-0.2, -0.15) is 13.2 Å². The number of alkyl halides is 3. The van der Waals surface area contributed by atoms with Crippen molar-refractivity contribution in [3.05, 3.63) is 56.6 Å². The largest absolute Gasteiger partial charge is 0.416 e. The van der Waals surface area contributed by atoms with Gasteiger partial charge in [0.1, 0.15) is 0 Å². The van der Waals surface area contributed by atoms with Gasteiger partial charge in [0.05, 0.1) is 5.56 Å². The second-order valence-corrected chi connectivity index (χ2v) is 4.67. The van der Waals surface area contributed by atoms with Gasteiger partial charge in [-0.25, -0.2) is 0 Å². The second-order valence-electron chi connectivity index (χ2n) is 3.81. The minimum absolute atomic E-state index is 0.0954. The molecule has 0 bridgehead atoms. The van der Waals surface area contributed by atoms with Crippen molar-refractivity contribution in [1.29, 1.82) is 0 Å². The molecule has 0 saturated heterocycles. The third-order valence-corrected chi connectivity index (χ3v) is 3.23. The van der Waals surface area contributed by atoms with Crippen molar-refractivity contribution in [1.82, 2.24) is 4.57 Å². The van der Waals surface area contributed by atoms with Crippen LogP contribution in [-0.2, 0) is 19.1 Å². The molecular weight excluding hydrogens is 263 g/mol. The highest BCUT2D eigenvalue weighted by atomic mass is 32.1. The van der Waals surface area contributed by atoms with Crippen molar-refractivity contribution in [3.63, 3.8) is 0 Å². The first-order chi connectivity index (χ1) is 8.47. The van der Waals surface area contributed by atoms with E-state index < -0.39 is 11.7 Å². The summed E-state index contributed by atoms with van der Waals surface area (Å²) in [7, 11) is 0. The molecule has 0 aliphatic heterocycles. The van der Waals surface area contributed by atoms with E-state index in [0.717, 1.165) is 23.5 Å². The molecule has 6 heteroatoms. The van der Waals surface area contributed by atoms with Gasteiger partial charge in [-0.05, 0) is 18.1 Å². The number of rotatable bonds is 3. The monoisotopic (exact) mass is 273 g/mol. The first kappa shape index (κ1) is 12.9. The maximum absolute atomic E-state index is 12.5. The lowest BCUT2D eigenvalue weighted by Gasteiger charge is -2.08. The Labute approximate surface area is 105 Å². The van der Waals surface area contributed by atoms with Crippen LogP contribution in [0, 0.1) is 0 Å². The SMILES string of the molecule is O=c1sccn1CCc1cccc(C(F)(F)F)c1. The quantitative estimate of drug-likeness (QED) is 0.842. The van der Waals surface area contributed by atoms with E-state index in [4.69, 9.17) is 0 Å². The van der Waals surface area contributed by atoms with Crippen LogP contribution in [-0.4, -0.2) is 4.57 Å². The van der Waals surface area contributed by atoms with Crippen LogP contribution in [0.3, 0.4) is 0 Å². The molecule has 1 aromatic heterocycles. The van der Waals surface area contributed by atoms with Crippen molar-refractivity contribution in [2.24, 2.45) is 0 Å². The molecule has 0 fully saturated rings. The van der Waals surface area contributed by atoms with Gasteiger partial charge in [0.25, 0.3) is 0 Å². The van der Waals surface area contributed by atoms with E-state index in [1.54, 1.807) is 17.6 Å². The lowest BCUT2D eigenvalue weighted by Crippen LogP contribution is -2.13. The van der Waals surface area contributed by atoms with Gasteiger partial charge in [-0.3, -0.25) is 4.79 Å². The molecule has 2 rings (SSSR count). The fourth-order valence-electron chi connectivity index (χ4n) is 1.61. The molecule has 0 unspecified atom stereocenters. The Morgan fingerprint density at radius 3 is 2.67 bits per heavy atom. The zero-order valence-electron chi connectivity index (χ0n) is 9.28. The van der Waals surface area contributed by atoms with Crippen LogP contribution in [0.25, 0.3) is 0 Å². The molecule has 0 amide bonds. The molecule has 0 radical (unpaired) electrons. The van der Waals surface area contributed by atoms with E-state index in [-0.39, 0.29) is 4.87 Å². The predicted molar refractivity (Wildman–Crippen MR) is 63.7 cm³/mol. The molecule has 0 atom stereocenters. The fraction of sp³-hybridized carbons (Fsp3) is 0.250. The summed E-state index contributed by atoms with van der Waals surface area (Å²) < 4.78 is 39.0. The maximum atomic E-state index is 12.5. The van der Waals surface area contributed by atoms with E-state index in [1.807, 2.05) is 0 Å². The predicted octanol–water partition coefficient (Wildman–Crippen LogP) is 3.17. The van der Waals surface area contributed by atoms with E-state index in [2.05, 4.69) is 0 Å². The lowest BCUT2D eigenvalue weighted by molar-refractivity contribution is -0.137. The first-order valence-corrected chi connectivity index (χ1v) is 6.15. The summed E-state index contributed by atoms with van der Waals surface area (Å²) in [5.41, 5.74) is -0.0828. The number of hydrogen-bond donors (Lipinski definition) is 0. The van der Waals surface area contributed by atoms with Crippen LogP contribution in [0.5, 0.6) is 0 Å². The van der Waals surface area contributed by atoms with Crippen molar-refractivity contribution in [2.75, 3.05) is 0 Å². The topological polar surface area (TPSA) is 22.0 Å². The van der Waals surface area contributed by atoms with Gasteiger partial charge < -0.3 is 4.57 Å². The fourth-order valence-corrected chi connectivity index (χ4v) is 2.22. The van der Waals surface area contributed by atoms with Gasteiger partial charge >= 0.3 is 11.0 Å². The summed E-state index contributed by atoms with van der Waals surface area (Å²) >= 11 is 1.07. The Bertz CT molecular complexity index is 585. The number of aromatic nitrogens is 1. The summed E-state index contributed by atoms with van der Waals surface area (Å²) in [6.07, 6.45) is -2.28. The number of nitrogens with zero attached hydrogens (tertiary/aromatic N) is 1. The molecule has 0 saturated carbocycles. The van der Waals surface area contributed by atoms with Crippen LogP contribution in [0.15, 0.2) is 40.6 Å². The Hall–Kier alpha value is -1.56. The molecule has 0 spiro atoms. The van der Waals surface area contributed by atoms with Crippen LogP contribution in [0.1, 0.15) is 11.1 Å². The normalized spacial score (nSPS) is 11.7.